The molecule has 0 unspecified atom stereocenters. The van der Waals surface area contributed by atoms with E-state index in [0.717, 1.165) is 28.8 Å². The molecule has 0 spiro atoms. The van der Waals surface area contributed by atoms with Crippen LogP contribution in [0.15, 0.2) is 98.1 Å². The predicted octanol–water partition coefficient (Wildman–Crippen LogP) is 6.10. The van der Waals surface area contributed by atoms with Crippen molar-refractivity contribution in [2.24, 2.45) is 0 Å². The van der Waals surface area contributed by atoms with Crippen molar-refractivity contribution in [1.29, 1.82) is 0 Å². The molecule has 0 atom stereocenters. The van der Waals surface area contributed by atoms with Gasteiger partial charge in [-0.15, -0.1) is 0 Å². The van der Waals surface area contributed by atoms with Crippen LogP contribution in [0.2, 0.25) is 0 Å². The largest absolute Gasteiger partial charge is 0.462 e. The summed E-state index contributed by atoms with van der Waals surface area (Å²) in [6, 6.07) is 21.3. The number of hydrogen-bond donors (Lipinski definition) is 0. The normalized spacial score (nSPS) is 10.1. The van der Waals surface area contributed by atoms with E-state index in [1.54, 1.807) is 36.4 Å². The monoisotopic (exact) mass is 538 g/mol. The molecule has 0 saturated heterocycles. The fraction of sp³-hybridized carbons (Fsp3) is 0.0741. The van der Waals surface area contributed by atoms with Crippen molar-refractivity contribution < 1.29 is 35.9 Å². The Morgan fingerprint density at radius 3 is 1.62 bits per heavy atom. The fourth-order valence-corrected chi connectivity index (χ4v) is 3.52. The van der Waals surface area contributed by atoms with Gasteiger partial charge in [0.15, 0.2) is 0 Å². The molecule has 3 rings (SSSR count). The van der Waals surface area contributed by atoms with Crippen molar-refractivity contribution in [1.82, 2.24) is 0 Å². The molecule has 0 aliphatic heterocycles. The van der Waals surface area contributed by atoms with Gasteiger partial charge in [0.25, 0.3) is 24.6 Å². The highest BCUT2D eigenvalue weighted by molar-refractivity contribution is 7.90. The van der Waals surface area contributed by atoms with E-state index in [2.05, 4.69) is 17.3 Å². The Hall–Kier alpha value is -4.15. The number of benzene rings is 3. The summed E-state index contributed by atoms with van der Waals surface area (Å²) in [6.07, 6.45) is 2.62. The van der Waals surface area contributed by atoms with Gasteiger partial charge >= 0.3 is 17.9 Å². The topological polar surface area (TPSA) is 97.4 Å². The second-order valence-corrected chi connectivity index (χ2v) is 8.09. The van der Waals surface area contributed by atoms with Crippen molar-refractivity contribution in [3.8, 4) is 22.6 Å². The molecule has 0 saturated carbocycles. The van der Waals surface area contributed by atoms with Crippen molar-refractivity contribution in [2.75, 3.05) is 6.61 Å². The first kappa shape index (κ1) is 27.4. The Labute approximate surface area is 223 Å². The molecule has 8 nitrogen and oxygen atoms in total. The summed E-state index contributed by atoms with van der Waals surface area (Å²) >= 11 is 1.11. The van der Waals surface area contributed by atoms with E-state index < -0.39 is 17.9 Å². The molecule has 0 aliphatic carbocycles. The molecule has 10 heteroatoms. The van der Waals surface area contributed by atoms with Crippen LogP contribution in [0.1, 0.15) is 15.9 Å². The van der Waals surface area contributed by atoms with Gasteiger partial charge in [-0.2, -0.15) is 0 Å². The second-order valence-electron chi connectivity index (χ2n) is 7.15. The molecule has 0 radical (unpaired) electrons. The SMILES string of the molecule is C=CC(=O)OSOc1ccc(CCOC(=O)c2ccc(-c3ccc(OSOC(=O)C=C)cc3)cc2)cc1. The second kappa shape index (κ2) is 14.4. The molecule has 0 bridgehead atoms. The molecule has 3 aromatic carbocycles. The van der Waals surface area contributed by atoms with Crippen molar-refractivity contribution in [2.45, 2.75) is 6.42 Å². The third-order valence-electron chi connectivity index (χ3n) is 4.68. The molecule has 0 aromatic heterocycles. The third kappa shape index (κ3) is 9.10. The predicted molar refractivity (Wildman–Crippen MR) is 141 cm³/mol. The average Bonchev–Trinajstić information content (AvgIpc) is 2.94. The summed E-state index contributed by atoms with van der Waals surface area (Å²) in [7, 11) is 0. The number of carbonyl (C=O) groups excluding carboxylic acids is 3. The molecule has 3 aromatic rings. The molecular formula is C27H22O8S2. The smallest absolute Gasteiger partial charge is 0.344 e. The highest BCUT2D eigenvalue weighted by Crippen LogP contribution is 2.25. The lowest BCUT2D eigenvalue weighted by molar-refractivity contribution is -0.128. The van der Waals surface area contributed by atoms with Gasteiger partial charge in [-0.25, -0.2) is 14.4 Å². The number of carbonyl (C=O) groups is 3. The Morgan fingerprint density at radius 1 is 0.676 bits per heavy atom. The van der Waals surface area contributed by atoms with Crippen LogP contribution in [0.25, 0.3) is 11.1 Å². The minimum absolute atomic E-state index is 0.216. The quantitative estimate of drug-likeness (QED) is 0.144. The molecule has 0 amide bonds. The Morgan fingerprint density at radius 2 is 1.14 bits per heavy atom. The highest BCUT2D eigenvalue weighted by Gasteiger charge is 2.09. The Kier molecular flexibility index (Phi) is 10.7. The maximum Gasteiger partial charge on any atom is 0.344 e. The van der Waals surface area contributed by atoms with Gasteiger partial charge in [-0.1, -0.05) is 49.6 Å². The van der Waals surface area contributed by atoms with Crippen LogP contribution in [-0.4, -0.2) is 24.5 Å². The van der Waals surface area contributed by atoms with E-state index in [-0.39, 0.29) is 6.61 Å². The van der Waals surface area contributed by atoms with Crippen molar-refractivity contribution in [3.05, 3.63) is 109 Å². The molecular weight excluding hydrogens is 516 g/mol. The van der Waals surface area contributed by atoms with Crippen LogP contribution < -0.4 is 8.37 Å². The molecule has 0 heterocycles. The first-order valence-corrected chi connectivity index (χ1v) is 12.1. The maximum atomic E-state index is 12.4. The lowest BCUT2D eigenvalue weighted by Gasteiger charge is -2.08. The summed E-state index contributed by atoms with van der Waals surface area (Å²) in [4.78, 5) is 34.4. The summed E-state index contributed by atoms with van der Waals surface area (Å²) in [6.45, 7) is 6.81. The van der Waals surface area contributed by atoms with Crippen LogP contribution in [0, 0.1) is 0 Å². The zero-order valence-corrected chi connectivity index (χ0v) is 21.1. The van der Waals surface area contributed by atoms with E-state index in [1.807, 2.05) is 36.4 Å². The van der Waals surface area contributed by atoms with E-state index >= 15 is 0 Å². The Bertz CT molecular complexity index is 1220. The molecule has 0 fully saturated rings. The van der Waals surface area contributed by atoms with Gasteiger partial charge in [0.2, 0.25) is 0 Å². The van der Waals surface area contributed by atoms with Gasteiger partial charge in [0, 0.05) is 18.6 Å². The minimum atomic E-state index is -0.594. The van der Waals surface area contributed by atoms with Crippen LogP contribution in [0.5, 0.6) is 11.5 Å². The van der Waals surface area contributed by atoms with Gasteiger partial charge in [-0.3, -0.25) is 0 Å². The van der Waals surface area contributed by atoms with E-state index in [1.165, 1.54) is 0 Å². The molecule has 0 N–H and O–H groups in total. The van der Waals surface area contributed by atoms with Crippen LogP contribution >= 0.6 is 24.6 Å². The summed E-state index contributed by atoms with van der Waals surface area (Å²) in [5.74, 6) is -0.574. The summed E-state index contributed by atoms with van der Waals surface area (Å²) < 4.78 is 25.2. The van der Waals surface area contributed by atoms with Gasteiger partial charge in [0.1, 0.15) is 11.5 Å². The number of rotatable bonds is 13. The fourth-order valence-electron chi connectivity index (χ4n) is 2.81. The lowest BCUT2D eigenvalue weighted by atomic mass is 10.0. The number of ether oxygens (including phenoxy) is 1. The minimum Gasteiger partial charge on any atom is -0.462 e. The van der Waals surface area contributed by atoms with E-state index in [9.17, 15) is 14.4 Å². The van der Waals surface area contributed by atoms with E-state index in [4.69, 9.17) is 17.3 Å². The Balaban J connectivity index is 1.43. The van der Waals surface area contributed by atoms with Gasteiger partial charge in [-0.05, 0) is 53.1 Å². The van der Waals surface area contributed by atoms with Crippen LogP contribution in [-0.2, 0) is 29.1 Å². The molecule has 190 valence electrons. The first-order chi connectivity index (χ1) is 18.0. The van der Waals surface area contributed by atoms with Gasteiger partial charge < -0.3 is 21.5 Å². The summed E-state index contributed by atoms with van der Waals surface area (Å²) in [5, 5.41) is 0. The number of esters is 1. The third-order valence-corrected chi connectivity index (χ3v) is 5.67. The first-order valence-electron chi connectivity index (χ1n) is 10.8. The summed E-state index contributed by atoms with van der Waals surface area (Å²) in [5.41, 5.74) is 3.23. The average molecular weight is 539 g/mol. The van der Waals surface area contributed by atoms with E-state index in [0.29, 0.717) is 48.1 Å². The maximum absolute atomic E-state index is 12.4. The van der Waals surface area contributed by atoms with Crippen LogP contribution in [0.3, 0.4) is 0 Å². The lowest BCUT2D eigenvalue weighted by Crippen LogP contribution is -2.08. The standard InChI is InChI=1S/C27H22O8S2/c1-3-25(28)34-36-32-23-13-5-19(6-14-23)17-18-31-27(30)22-9-7-20(8-10-22)21-11-15-24(16-12-21)33-37-35-26(29)4-2/h3-16H,1-2,17-18H2. The zero-order valence-electron chi connectivity index (χ0n) is 19.5. The van der Waals surface area contributed by atoms with Crippen LogP contribution in [0.4, 0.5) is 0 Å². The van der Waals surface area contributed by atoms with Gasteiger partial charge in [0.05, 0.1) is 12.2 Å². The molecule has 37 heavy (non-hydrogen) atoms. The van der Waals surface area contributed by atoms with Crippen molar-refractivity contribution >= 4 is 42.6 Å². The molecule has 0 aliphatic rings. The number of hydrogen-bond acceptors (Lipinski definition) is 10. The van der Waals surface area contributed by atoms with Crippen molar-refractivity contribution in [3.63, 3.8) is 0 Å². The zero-order chi connectivity index (χ0) is 26.5. The highest BCUT2D eigenvalue weighted by atomic mass is 32.2.